The lowest BCUT2D eigenvalue weighted by molar-refractivity contribution is -0.129. The predicted molar refractivity (Wildman–Crippen MR) is 58.0 cm³/mol. The molecule has 0 saturated carbocycles. The molecule has 0 fully saturated rings. The Labute approximate surface area is 96.5 Å². The van der Waals surface area contributed by atoms with E-state index in [1.165, 1.54) is 16.2 Å². The normalized spacial score (nSPS) is 9.12. The maximum Gasteiger partial charge on any atom is 0.230 e. The molecule has 1 heterocycles. The minimum atomic E-state index is -0.298. The number of thiazole rings is 1. The lowest BCUT2D eigenvalue weighted by Gasteiger charge is -2.14. The van der Waals surface area contributed by atoms with Gasteiger partial charge in [0.2, 0.25) is 5.91 Å². The number of nitriles is 2. The van der Waals surface area contributed by atoms with Crippen LogP contribution in [0, 0.1) is 22.7 Å². The fraction of sp³-hybridized carbons (Fsp3) is 0.333. The third-order valence-corrected chi connectivity index (χ3v) is 2.50. The van der Waals surface area contributed by atoms with Crippen LogP contribution < -0.4 is 5.73 Å². The van der Waals surface area contributed by atoms with E-state index in [4.69, 9.17) is 16.3 Å². The first-order valence-electron chi connectivity index (χ1n) is 4.39. The number of nitrogen functional groups attached to an aromatic ring is 1. The molecule has 0 radical (unpaired) electrons. The topological polar surface area (TPSA) is 107 Å². The van der Waals surface area contributed by atoms with Crippen LogP contribution in [0.25, 0.3) is 0 Å². The molecule has 82 valence electrons. The van der Waals surface area contributed by atoms with Gasteiger partial charge in [-0.1, -0.05) is 0 Å². The molecule has 6 nitrogen and oxygen atoms in total. The van der Waals surface area contributed by atoms with E-state index in [-0.39, 0.29) is 25.4 Å². The first kappa shape index (κ1) is 12.0. The molecule has 1 aromatic heterocycles. The average Bonchev–Trinajstić information content (AvgIpc) is 2.63. The van der Waals surface area contributed by atoms with Gasteiger partial charge in [-0.3, -0.25) is 4.79 Å². The van der Waals surface area contributed by atoms with Gasteiger partial charge in [0.05, 0.1) is 24.3 Å². The van der Waals surface area contributed by atoms with E-state index in [1.807, 2.05) is 12.1 Å². The van der Waals surface area contributed by atoms with Crippen molar-refractivity contribution in [3.63, 3.8) is 0 Å². The Kier molecular flexibility index (Phi) is 4.25. The number of nitrogens with zero attached hydrogens (tertiary/aromatic N) is 4. The smallest absolute Gasteiger partial charge is 0.230 e. The molecule has 1 rings (SSSR count). The van der Waals surface area contributed by atoms with Crippen LogP contribution in [0.4, 0.5) is 5.13 Å². The summed E-state index contributed by atoms with van der Waals surface area (Å²) in [5.41, 5.74) is 5.99. The minimum absolute atomic E-state index is 0.0665. The van der Waals surface area contributed by atoms with Gasteiger partial charge in [-0.2, -0.15) is 10.5 Å². The summed E-state index contributed by atoms with van der Waals surface area (Å²) in [6.45, 7) is -0.183. The zero-order chi connectivity index (χ0) is 12.0. The van der Waals surface area contributed by atoms with Gasteiger partial charge >= 0.3 is 0 Å². The lowest BCUT2D eigenvalue weighted by atomic mass is 10.3. The second kappa shape index (κ2) is 5.69. The van der Waals surface area contributed by atoms with Crippen molar-refractivity contribution in [1.82, 2.24) is 9.88 Å². The zero-order valence-corrected chi connectivity index (χ0v) is 9.20. The Balaban J connectivity index is 2.63. The van der Waals surface area contributed by atoms with E-state index < -0.39 is 0 Å². The third-order valence-electron chi connectivity index (χ3n) is 1.78. The third kappa shape index (κ3) is 3.23. The number of rotatable bonds is 4. The second-order valence-corrected chi connectivity index (χ2v) is 3.81. The number of aromatic nitrogens is 1. The highest BCUT2D eigenvalue weighted by Gasteiger charge is 2.14. The van der Waals surface area contributed by atoms with Crippen molar-refractivity contribution >= 4 is 22.4 Å². The quantitative estimate of drug-likeness (QED) is 0.747. The summed E-state index contributed by atoms with van der Waals surface area (Å²) in [6.07, 6.45) is 0.0665. The van der Waals surface area contributed by atoms with Crippen LogP contribution in [-0.2, 0) is 11.2 Å². The van der Waals surface area contributed by atoms with Gasteiger partial charge in [0.1, 0.15) is 13.1 Å². The van der Waals surface area contributed by atoms with Gasteiger partial charge in [0.25, 0.3) is 0 Å². The van der Waals surface area contributed by atoms with E-state index >= 15 is 0 Å². The van der Waals surface area contributed by atoms with Crippen LogP contribution in [0.5, 0.6) is 0 Å². The molecular weight excluding hydrogens is 226 g/mol. The van der Waals surface area contributed by atoms with Crippen molar-refractivity contribution in [3.05, 3.63) is 11.1 Å². The Hall–Kier alpha value is -2.12. The molecule has 1 amide bonds. The Bertz CT molecular complexity index is 439. The Morgan fingerprint density at radius 1 is 1.50 bits per heavy atom. The van der Waals surface area contributed by atoms with Gasteiger partial charge in [0.15, 0.2) is 5.13 Å². The molecule has 0 spiro atoms. The number of carbonyl (C=O) groups is 1. The van der Waals surface area contributed by atoms with Gasteiger partial charge in [0, 0.05) is 5.38 Å². The van der Waals surface area contributed by atoms with Crippen LogP contribution >= 0.6 is 11.3 Å². The fourth-order valence-electron chi connectivity index (χ4n) is 1.07. The average molecular weight is 235 g/mol. The van der Waals surface area contributed by atoms with Crippen molar-refractivity contribution < 1.29 is 4.79 Å². The molecule has 0 aliphatic rings. The molecule has 16 heavy (non-hydrogen) atoms. The van der Waals surface area contributed by atoms with E-state index in [1.54, 1.807) is 5.38 Å². The number of amides is 1. The van der Waals surface area contributed by atoms with E-state index in [9.17, 15) is 4.79 Å². The molecule has 1 aromatic rings. The molecule has 0 aromatic carbocycles. The SMILES string of the molecule is N#CCN(CC#N)C(=O)Cc1csc(N)n1. The summed E-state index contributed by atoms with van der Waals surface area (Å²) >= 11 is 1.25. The molecule has 2 N–H and O–H groups in total. The largest absolute Gasteiger partial charge is 0.375 e. The van der Waals surface area contributed by atoms with Crippen molar-refractivity contribution in [2.45, 2.75) is 6.42 Å². The number of nitrogens with two attached hydrogens (primary N) is 1. The van der Waals surface area contributed by atoms with E-state index in [2.05, 4.69) is 4.98 Å². The second-order valence-electron chi connectivity index (χ2n) is 2.92. The van der Waals surface area contributed by atoms with E-state index in [0.29, 0.717) is 10.8 Å². The van der Waals surface area contributed by atoms with Gasteiger partial charge in [-0.05, 0) is 0 Å². The molecule has 0 aliphatic heterocycles. The number of hydrogen-bond donors (Lipinski definition) is 1. The van der Waals surface area contributed by atoms with Crippen LogP contribution in [0.1, 0.15) is 5.69 Å². The van der Waals surface area contributed by atoms with Crippen LogP contribution in [0.2, 0.25) is 0 Å². The maximum atomic E-state index is 11.6. The summed E-state index contributed by atoms with van der Waals surface area (Å²) in [7, 11) is 0. The standard InChI is InChI=1S/C9H9N5OS/c10-1-3-14(4-2-11)8(15)5-7-6-16-9(12)13-7/h6H,3-5H2,(H2,12,13). The molecular formula is C9H9N5OS. The van der Waals surface area contributed by atoms with Crippen LogP contribution in [0.15, 0.2) is 5.38 Å². The molecule has 0 atom stereocenters. The highest BCUT2D eigenvalue weighted by atomic mass is 32.1. The number of carbonyl (C=O) groups excluding carboxylic acids is 1. The summed E-state index contributed by atoms with van der Waals surface area (Å²) in [5, 5.41) is 19.1. The van der Waals surface area contributed by atoms with Crippen LogP contribution in [0.3, 0.4) is 0 Å². The van der Waals surface area contributed by atoms with Gasteiger partial charge in [-0.25, -0.2) is 4.98 Å². The predicted octanol–water partition coefficient (Wildman–Crippen LogP) is 0.144. The van der Waals surface area contributed by atoms with Gasteiger partial charge < -0.3 is 10.6 Å². The first-order valence-corrected chi connectivity index (χ1v) is 5.27. The minimum Gasteiger partial charge on any atom is -0.375 e. The Morgan fingerprint density at radius 2 is 2.12 bits per heavy atom. The van der Waals surface area contributed by atoms with Crippen molar-refractivity contribution in [2.24, 2.45) is 0 Å². The first-order chi connectivity index (χ1) is 7.67. The molecule has 0 aliphatic carbocycles. The molecule has 7 heteroatoms. The van der Waals surface area contributed by atoms with Crippen molar-refractivity contribution in [1.29, 1.82) is 10.5 Å². The Morgan fingerprint density at radius 3 is 2.56 bits per heavy atom. The monoisotopic (exact) mass is 235 g/mol. The molecule has 0 saturated heterocycles. The van der Waals surface area contributed by atoms with E-state index in [0.717, 1.165) is 0 Å². The molecule has 0 bridgehead atoms. The highest BCUT2D eigenvalue weighted by Crippen LogP contribution is 2.12. The number of hydrogen-bond acceptors (Lipinski definition) is 6. The van der Waals surface area contributed by atoms with Crippen LogP contribution in [-0.4, -0.2) is 28.9 Å². The molecule has 0 unspecified atom stereocenters. The summed E-state index contributed by atoms with van der Waals surface area (Å²) < 4.78 is 0. The lowest BCUT2D eigenvalue weighted by Crippen LogP contribution is -2.33. The zero-order valence-electron chi connectivity index (χ0n) is 8.38. The van der Waals surface area contributed by atoms with Crippen molar-refractivity contribution in [3.8, 4) is 12.1 Å². The van der Waals surface area contributed by atoms with Gasteiger partial charge in [-0.15, -0.1) is 11.3 Å². The fourth-order valence-corrected chi connectivity index (χ4v) is 1.64. The maximum absolute atomic E-state index is 11.6. The number of anilines is 1. The highest BCUT2D eigenvalue weighted by molar-refractivity contribution is 7.13. The summed E-state index contributed by atoms with van der Waals surface area (Å²) in [6, 6.07) is 3.67. The summed E-state index contributed by atoms with van der Waals surface area (Å²) in [4.78, 5) is 16.8. The summed E-state index contributed by atoms with van der Waals surface area (Å²) in [5.74, 6) is -0.298. The van der Waals surface area contributed by atoms with Crippen molar-refractivity contribution in [2.75, 3.05) is 18.8 Å².